The molecule has 0 unspecified atom stereocenters. The first-order chi connectivity index (χ1) is 6.83. The third kappa shape index (κ3) is 2.98. The molecule has 3 nitrogen and oxygen atoms in total. The molecule has 0 aromatic heterocycles. The van der Waals surface area contributed by atoms with E-state index >= 15 is 0 Å². The molecule has 4 N–H and O–H groups in total. The Morgan fingerprint density at radius 2 is 1.87 bits per heavy atom. The molecule has 0 amide bonds. The van der Waals surface area contributed by atoms with Crippen LogP contribution in [0.5, 0.6) is 5.75 Å². The zero-order valence-electron chi connectivity index (χ0n) is 7.44. The zero-order valence-corrected chi connectivity index (χ0v) is 7.44. The van der Waals surface area contributed by atoms with Gasteiger partial charge in [0.05, 0.1) is 5.69 Å². The van der Waals surface area contributed by atoms with Crippen molar-refractivity contribution in [3.05, 3.63) is 23.5 Å². The van der Waals surface area contributed by atoms with E-state index in [-0.39, 0.29) is 12.1 Å². The van der Waals surface area contributed by atoms with Crippen LogP contribution in [-0.2, 0) is 6.54 Å². The summed E-state index contributed by atoms with van der Waals surface area (Å²) < 4.78 is 52.1. The van der Waals surface area contributed by atoms with Gasteiger partial charge >= 0.3 is 6.36 Å². The van der Waals surface area contributed by atoms with E-state index in [1.165, 1.54) is 0 Å². The van der Waals surface area contributed by atoms with Crippen molar-refractivity contribution in [3.63, 3.8) is 0 Å². The third-order valence-electron chi connectivity index (χ3n) is 1.62. The van der Waals surface area contributed by atoms with Crippen molar-refractivity contribution in [3.8, 4) is 5.75 Å². The molecule has 0 aliphatic carbocycles. The maximum absolute atomic E-state index is 13.0. The fourth-order valence-electron chi connectivity index (χ4n) is 0.980. The number of halogens is 4. The summed E-state index contributed by atoms with van der Waals surface area (Å²) in [6, 6.07) is 1.57. The first kappa shape index (κ1) is 11.6. The second-order valence-corrected chi connectivity index (χ2v) is 2.73. The number of hydrogen-bond acceptors (Lipinski definition) is 3. The highest BCUT2D eigenvalue weighted by atomic mass is 19.4. The molecule has 0 fully saturated rings. The highest BCUT2D eigenvalue weighted by Gasteiger charge is 2.32. The summed E-state index contributed by atoms with van der Waals surface area (Å²) in [6.45, 7) is -0.236. The zero-order chi connectivity index (χ0) is 11.6. The van der Waals surface area contributed by atoms with Gasteiger partial charge < -0.3 is 16.2 Å². The molecule has 84 valence electrons. The lowest BCUT2D eigenvalue weighted by Gasteiger charge is -2.12. The number of anilines is 1. The minimum atomic E-state index is -4.86. The second kappa shape index (κ2) is 3.93. The van der Waals surface area contributed by atoms with Crippen LogP contribution in [-0.4, -0.2) is 6.36 Å². The van der Waals surface area contributed by atoms with E-state index in [0.29, 0.717) is 0 Å². The van der Waals surface area contributed by atoms with Gasteiger partial charge in [0.15, 0.2) is 5.75 Å². The van der Waals surface area contributed by atoms with Gasteiger partial charge in [-0.1, -0.05) is 0 Å². The monoisotopic (exact) mass is 224 g/mol. The summed E-state index contributed by atoms with van der Waals surface area (Å²) in [7, 11) is 0. The Kier molecular flexibility index (Phi) is 3.04. The molecule has 1 aromatic rings. The van der Waals surface area contributed by atoms with Crippen LogP contribution >= 0.6 is 0 Å². The molecule has 1 rings (SSSR count). The largest absolute Gasteiger partial charge is 0.573 e. The number of rotatable bonds is 2. The van der Waals surface area contributed by atoms with Crippen molar-refractivity contribution in [2.24, 2.45) is 5.73 Å². The molecule has 0 bridgehead atoms. The maximum atomic E-state index is 13.0. The quantitative estimate of drug-likeness (QED) is 0.594. The van der Waals surface area contributed by atoms with Crippen LogP contribution < -0.4 is 16.2 Å². The Bertz CT molecular complexity index is 364. The molecule has 7 heteroatoms. The molecule has 0 aliphatic heterocycles. The van der Waals surface area contributed by atoms with Gasteiger partial charge in [0.1, 0.15) is 5.82 Å². The Balaban J connectivity index is 3.08. The van der Waals surface area contributed by atoms with Crippen molar-refractivity contribution in [1.82, 2.24) is 0 Å². The first-order valence-corrected chi connectivity index (χ1v) is 3.87. The van der Waals surface area contributed by atoms with Crippen LogP contribution in [0, 0.1) is 5.82 Å². The summed E-state index contributed by atoms with van der Waals surface area (Å²) in [5.74, 6) is -1.41. The smallest absolute Gasteiger partial charge is 0.404 e. The van der Waals surface area contributed by atoms with E-state index in [4.69, 9.17) is 11.5 Å². The molecule has 0 spiro atoms. The molecule has 0 saturated carbocycles. The molecular weight excluding hydrogens is 216 g/mol. The van der Waals surface area contributed by atoms with Gasteiger partial charge in [-0.05, 0) is 6.07 Å². The van der Waals surface area contributed by atoms with Crippen molar-refractivity contribution < 1.29 is 22.3 Å². The molecule has 1 aromatic carbocycles. The SMILES string of the molecule is NCc1cc(OC(F)(F)F)c(N)cc1F. The maximum Gasteiger partial charge on any atom is 0.573 e. The lowest BCUT2D eigenvalue weighted by molar-refractivity contribution is -0.274. The molecule has 0 heterocycles. The van der Waals surface area contributed by atoms with Gasteiger partial charge in [0, 0.05) is 18.2 Å². The second-order valence-electron chi connectivity index (χ2n) is 2.73. The predicted molar refractivity (Wildman–Crippen MR) is 45.4 cm³/mol. The molecule has 0 saturated heterocycles. The average Bonchev–Trinajstić information content (AvgIpc) is 2.07. The van der Waals surface area contributed by atoms with E-state index in [1.807, 2.05) is 0 Å². The van der Waals surface area contributed by atoms with Crippen LogP contribution in [0.1, 0.15) is 5.56 Å². The Labute approximate surface area is 82.6 Å². The van der Waals surface area contributed by atoms with Crippen LogP contribution in [0.15, 0.2) is 12.1 Å². The summed E-state index contributed by atoms with van der Waals surface area (Å²) in [5, 5.41) is 0. The van der Waals surface area contributed by atoms with Gasteiger partial charge in [0.2, 0.25) is 0 Å². The topological polar surface area (TPSA) is 61.3 Å². The first-order valence-electron chi connectivity index (χ1n) is 3.87. The van der Waals surface area contributed by atoms with Crippen LogP contribution in [0.4, 0.5) is 23.2 Å². The van der Waals surface area contributed by atoms with Crippen molar-refractivity contribution in [1.29, 1.82) is 0 Å². The Morgan fingerprint density at radius 1 is 1.27 bits per heavy atom. The van der Waals surface area contributed by atoms with Gasteiger partial charge in [0.25, 0.3) is 0 Å². The number of ether oxygens (including phenoxy) is 1. The number of hydrogen-bond donors (Lipinski definition) is 2. The fraction of sp³-hybridized carbons (Fsp3) is 0.250. The van der Waals surface area contributed by atoms with E-state index < -0.39 is 23.6 Å². The lowest BCUT2D eigenvalue weighted by Crippen LogP contribution is -2.18. The highest BCUT2D eigenvalue weighted by molar-refractivity contribution is 5.54. The number of nitrogen functional groups attached to an aromatic ring is 1. The number of nitrogens with two attached hydrogens (primary N) is 2. The highest BCUT2D eigenvalue weighted by Crippen LogP contribution is 2.30. The van der Waals surface area contributed by atoms with Gasteiger partial charge in [-0.2, -0.15) is 0 Å². The summed E-state index contributed by atoms with van der Waals surface area (Å²) >= 11 is 0. The van der Waals surface area contributed by atoms with Crippen LogP contribution in [0.25, 0.3) is 0 Å². The van der Waals surface area contributed by atoms with Crippen LogP contribution in [0.2, 0.25) is 0 Å². The van der Waals surface area contributed by atoms with Gasteiger partial charge in [-0.15, -0.1) is 13.2 Å². The Hall–Kier alpha value is -1.50. The molecule has 0 radical (unpaired) electrons. The van der Waals surface area contributed by atoms with E-state index in [2.05, 4.69) is 4.74 Å². The van der Waals surface area contributed by atoms with E-state index in [1.54, 1.807) is 0 Å². The molecule has 0 atom stereocenters. The van der Waals surface area contributed by atoms with Gasteiger partial charge in [-0.25, -0.2) is 4.39 Å². The normalized spacial score (nSPS) is 11.5. The molecular formula is C8H8F4N2O. The lowest BCUT2D eigenvalue weighted by atomic mass is 10.2. The van der Waals surface area contributed by atoms with Crippen molar-refractivity contribution in [2.75, 3.05) is 5.73 Å². The molecule has 15 heavy (non-hydrogen) atoms. The standard InChI is InChI=1S/C8H8F4N2O/c9-5-2-6(14)7(1-4(5)3-13)15-8(10,11)12/h1-2H,3,13-14H2. The van der Waals surface area contributed by atoms with E-state index in [9.17, 15) is 17.6 Å². The minimum absolute atomic E-state index is 0.0940. The predicted octanol–water partition coefficient (Wildman–Crippen LogP) is 1.77. The van der Waals surface area contributed by atoms with Crippen LogP contribution in [0.3, 0.4) is 0 Å². The number of benzene rings is 1. The minimum Gasteiger partial charge on any atom is -0.404 e. The van der Waals surface area contributed by atoms with Crippen molar-refractivity contribution >= 4 is 5.69 Å². The Morgan fingerprint density at radius 3 is 2.33 bits per heavy atom. The summed E-state index contributed by atoms with van der Waals surface area (Å²) in [5.41, 5.74) is 9.74. The summed E-state index contributed by atoms with van der Waals surface area (Å²) in [6.07, 6.45) is -4.86. The van der Waals surface area contributed by atoms with E-state index in [0.717, 1.165) is 12.1 Å². The average molecular weight is 224 g/mol. The number of alkyl halides is 3. The van der Waals surface area contributed by atoms with Gasteiger partial charge in [-0.3, -0.25) is 0 Å². The summed E-state index contributed by atoms with van der Waals surface area (Å²) in [4.78, 5) is 0. The molecule has 0 aliphatic rings. The third-order valence-corrected chi connectivity index (χ3v) is 1.62. The van der Waals surface area contributed by atoms with Crippen molar-refractivity contribution in [2.45, 2.75) is 12.9 Å². The fourth-order valence-corrected chi connectivity index (χ4v) is 0.980.